The number of aromatic nitrogens is 3. The highest BCUT2D eigenvalue weighted by Gasteiger charge is 2.51. The van der Waals surface area contributed by atoms with Crippen LogP contribution in [-0.2, 0) is 16.4 Å². The lowest BCUT2D eigenvalue weighted by Gasteiger charge is -2.44. The van der Waals surface area contributed by atoms with Crippen LogP contribution in [0, 0.1) is 20.8 Å². The number of carbonyl (C=O) groups is 1. The molecule has 0 amide bonds. The number of rotatable bonds is 5. The van der Waals surface area contributed by atoms with E-state index in [0.29, 0.717) is 9.39 Å². The maximum Gasteiger partial charge on any atom is 0.243 e. The number of sulfonamides is 1. The van der Waals surface area contributed by atoms with Gasteiger partial charge in [-0.05, 0) is 96.1 Å². The highest BCUT2D eigenvalue weighted by Crippen LogP contribution is 2.48. The van der Waals surface area contributed by atoms with E-state index in [0.717, 1.165) is 22.9 Å². The Morgan fingerprint density at radius 1 is 1.00 bits per heavy atom. The summed E-state index contributed by atoms with van der Waals surface area (Å²) < 4.78 is 58.4. The molecule has 198 valence electrons. The van der Waals surface area contributed by atoms with Crippen molar-refractivity contribution >= 4 is 44.5 Å². The minimum atomic E-state index is -4.08. The molecule has 2 aromatic heterocycles. The lowest BCUT2D eigenvalue weighted by Crippen LogP contribution is -2.53. The molecular weight excluding hydrogens is 637 g/mol. The van der Waals surface area contributed by atoms with Gasteiger partial charge in [0.25, 0.3) is 0 Å². The van der Waals surface area contributed by atoms with Gasteiger partial charge >= 0.3 is 0 Å². The fourth-order valence-electron chi connectivity index (χ4n) is 5.36. The second kappa shape index (κ2) is 9.72. The molecule has 0 N–H and O–H groups in total. The molecule has 0 spiro atoms. The Morgan fingerprint density at radius 3 is 2.51 bits per heavy atom. The molecule has 0 bridgehead atoms. The Balaban J connectivity index is 1.48. The molecule has 1 fully saturated rings. The number of fused-ring (bicyclic) bond motifs is 2. The van der Waals surface area contributed by atoms with Crippen molar-refractivity contribution in [2.45, 2.75) is 17.7 Å². The van der Waals surface area contributed by atoms with Crippen LogP contribution in [0.5, 0.6) is 0 Å². The van der Waals surface area contributed by atoms with Crippen molar-refractivity contribution < 1.29 is 22.0 Å². The fraction of sp³-hybridized carbons (Fsp3) is 0.179. The molecular formula is C28H21F2IN4O3S. The molecule has 1 aliphatic carbocycles. The Morgan fingerprint density at radius 2 is 1.79 bits per heavy atom. The van der Waals surface area contributed by atoms with Crippen molar-refractivity contribution in [3.05, 3.63) is 111 Å². The summed E-state index contributed by atoms with van der Waals surface area (Å²) in [6.07, 6.45) is 3.93. The predicted octanol–water partition coefficient (Wildman–Crippen LogP) is 5.05. The zero-order valence-electron chi connectivity index (χ0n) is 20.4. The first-order valence-corrected chi connectivity index (χ1v) is 14.7. The Hall–Kier alpha value is -3.29. The lowest BCUT2D eigenvalue weighted by atomic mass is 9.65. The van der Waals surface area contributed by atoms with Gasteiger partial charge in [-0.25, -0.2) is 21.9 Å². The summed E-state index contributed by atoms with van der Waals surface area (Å²) in [6, 6.07) is 15.9. The van der Waals surface area contributed by atoms with Gasteiger partial charge in [-0.3, -0.25) is 9.78 Å². The number of pyridine rings is 1. The van der Waals surface area contributed by atoms with Gasteiger partial charge in [0, 0.05) is 24.8 Å². The van der Waals surface area contributed by atoms with E-state index in [1.165, 1.54) is 40.8 Å². The van der Waals surface area contributed by atoms with Crippen LogP contribution in [0.1, 0.15) is 28.2 Å². The molecule has 6 rings (SSSR count). The molecule has 2 aliphatic rings. The molecule has 0 radical (unpaired) electrons. The number of hydrogen-bond acceptors (Lipinski definition) is 5. The van der Waals surface area contributed by atoms with Crippen molar-refractivity contribution in [1.29, 1.82) is 0 Å². The summed E-state index contributed by atoms with van der Waals surface area (Å²) in [7, 11) is -4.08. The molecule has 11 heteroatoms. The van der Waals surface area contributed by atoms with Crippen LogP contribution >= 0.6 is 22.6 Å². The average molecular weight is 658 g/mol. The predicted molar refractivity (Wildman–Crippen MR) is 149 cm³/mol. The third-order valence-corrected chi connectivity index (χ3v) is 10.0. The summed E-state index contributed by atoms with van der Waals surface area (Å²) in [5, 5.41) is 4.67. The SMILES string of the molecule is O=C(c1ccccn1)C12Cc3c(I)nn(-c4ccc(F)cc4)c3C=C1CCN(S(=O)(=O)c1cccc(F)c1)C2. The first kappa shape index (κ1) is 26.0. The number of benzene rings is 2. The van der Waals surface area contributed by atoms with Crippen LogP contribution in [0.3, 0.4) is 0 Å². The number of ketones is 1. The van der Waals surface area contributed by atoms with Crippen LogP contribution in [0.15, 0.2) is 83.4 Å². The molecule has 0 saturated carbocycles. The molecule has 4 aromatic rings. The highest BCUT2D eigenvalue weighted by atomic mass is 127. The monoisotopic (exact) mass is 658 g/mol. The standard InChI is InChI=1S/C28H21F2IN4O3S/c29-19-7-9-21(10-8-19)35-25-14-18-11-13-34(39(37,38)22-5-3-4-20(30)15-22)17-28(18,16-23(25)27(31)33-35)26(36)24-6-1-2-12-32-24/h1-10,12,14-15H,11,13,16-17H2. The number of nitrogens with zero attached hydrogens (tertiary/aromatic N) is 4. The van der Waals surface area contributed by atoms with Crippen LogP contribution < -0.4 is 0 Å². The quantitative estimate of drug-likeness (QED) is 0.222. The summed E-state index contributed by atoms with van der Waals surface area (Å²) in [4.78, 5) is 18.3. The Labute approximate surface area is 237 Å². The van der Waals surface area contributed by atoms with Crippen LogP contribution in [0.2, 0.25) is 0 Å². The molecule has 1 unspecified atom stereocenters. The average Bonchev–Trinajstić information content (AvgIpc) is 3.26. The van der Waals surface area contributed by atoms with Gasteiger partial charge in [-0.1, -0.05) is 17.7 Å². The number of halogens is 3. The minimum Gasteiger partial charge on any atom is -0.291 e. The van der Waals surface area contributed by atoms with Gasteiger partial charge in [0.1, 0.15) is 21.0 Å². The molecule has 2 aromatic carbocycles. The summed E-state index contributed by atoms with van der Waals surface area (Å²) in [5.41, 5.74) is 2.01. The Kier molecular flexibility index (Phi) is 6.47. The molecule has 39 heavy (non-hydrogen) atoms. The number of hydrogen-bond donors (Lipinski definition) is 0. The van der Waals surface area contributed by atoms with E-state index >= 15 is 0 Å². The van der Waals surface area contributed by atoms with E-state index in [9.17, 15) is 22.0 Å². The summed E-state index contributed by atoms with van der Waals surface area (Å²) in [5.74, 6) is -1.30. The van der Waals surface area contributed by atoms with E-state index < -0.39 is 21.3 Å². The normalized spacial score (nSPS) is 19.2. The third kappa shape index (κ3) is 4.42. The van der Waals surface area contributed by atoms with Gasteiger partial charge in [0.15, 0.2) is 5.78 Å². The summed E-state index contributed by atoms with van der Waals surface area (Å²) in [6.45, 7) is 0.00335. The van der Waals surface area contributed by atoms with Gasteiger partial charge < -0.3 is 0 Å². The molecule has 3 heterocycles. The van der Waals surface area contributed by atoms with Crippen LogP contribution in [0.25, 0.3) is 11.8 Å². The smallest absolute Gasteiger partial charge is 0.243 e. The van der Waals surface area contributed by atoms with Crippen molar-refractivity contribution in [3.63, 3.8) is 0 Å². The van der Waals surface area contributed by atoms with Gasteiger partial charge in [0.05, 0.1) is 21.7 Å². The van der Waals surface area contributed by atoms with E-state index in [4.69, 9.17) is 0 Å². The number of carbonyl (C=O) groups excluding carboxylic acids is 1. The zero-order chi connectivity index (χ0) is 27.4. The first-order chi connectivity index (χ1) is 18.7. The van der Waals surface area contributed by atoms with Crippen molar-refractivity contribution in [2.24, 2.45) is 5.41 Å². The van der Waals surface area contributed by atoms with E-state index in [1.807, 2.05) is 6.08 Å². The zero-order valence-corrected chi connectivity index (χ0v) is 23.4. The minimum absolute atomic E-state index is 0.121. The molecule has 1 aliphatic heterocycles. The topological polar surface area (TPSA) is 85.2 Å². The maximum absolute atomic E-state index is 14.2. The second-order valence-corrected chi connectivity index (χ2v) is 12.5. The van der Waals surface area contributed by atoms with Crippen molar-refractivity contribution in [3.8, 4) is 5.69 Å². The first-order valence-electron chi connectivity index (χ1n) is 12.1. The molecule has 7 nitrogen and oxygen atoms in total. The van der Waals surface area contributed by atoms with E-state index in [2.05, 4.69) is 32.7 Å². The summed E-state index contributed by atoms with van der Waals surface area (Å²) >= 11 is 2.10. The lowest BCUT2D eigenvalue weighted by molar-refractivity contribution is 0.0770. The number of piperidine rings is 1. The van der Waals surface area contributed by atoms with Crippen molar-refractivity contribution in [2.75, 3.05) is 13.1 Å². The van der Waals surface area contributed by atoms with Crippen LogP contribution in [-0.4, -0.2) is 46.4 Å². The van der Waals surface area contributed by atoms with Gasteiger partial charge in [-0.15, -0.1) is 0 Å². The second-order valence-electron chi connectivity index (χ2n) is 9.56. The van der Waals surface area contributed by atoms with Crippen LogP contribution in [0.4, 0.5) is 8.78 Å². The largest absolute Gasteiger partial charge is 0.291 e. The Bertz CT molecular complexity index is 1740. The highest BCUT2D eigenvalue weighted by molar-refractivity contribution is 14.1. The fourth-order valence-corrected chi connectivity index (χ4v) is 7.58. The number of Topliss-reactive ketones (excluding diaryl/α,β-unsaturated/α-hetero) is 1. The van der Waals surface area contributed by atoms with Crippen molar-refractivity contribution in [1.82, 2.24) is 19.1 Å². The van der Waals surface area contributed by atoms with E-state index in [-0.39, 0.29) is 48.1 Å². The van der Waals surface area contributed by atoms with Gasteiger partial charge in [0.2, 0.25) is 10.0 Å². The molecule has 1 atom stereocenters. The van der Waals surface area contributed by atoms with E-state index in [1.54, 1.807) is 35.0 Å². The third-order valence-electron chi connectivity index (χ3n) is 7.29. The molecule has 1 saturated heterocycles. The van der Waals surface area contributed by atoms with Gasteiger partial charge in [-0.2, -0.15) is 9.40 Å². The maximum atomic E-state index is 14.2.